The van der Waals surface area contributed by atoms with E-state index in [4.69, 9.17) is 4.42 Å². The van der Waals surface area contributed by atoms with E-state index in [-0.39, 0.29) is 5.91 Å². The zero-order valence-corrected chi connectivity index (χ0v) is 12.6. The van der Waals surface area contributed by atoms with E-state index in [1.165, 1.54) is 11.8 Å². The number of aromatic nitrogens is 4. The van der Waals surface area contributed by atoms with E-state index >= 15 is 0 Å². The Bertz CT molecular complexity index is 597. The van der Waals surface area contributed by atoms with Crippen molar-refractivity contribution < 1.29 is 9.21 Å². The summed E-state index contributed by atoms with van der Waals surface area (Å²) in [5.41, 5.74) is 1.10. The van der Waals surface area contributed by atoms with Crippen molar-refractivity contribution in [3.63, 3.8) is 0 Å². The molecule has 1 fully saturated rings. The standard InChI is InChI=1S/C13H17N5O2S/c1-9-15-17-13(20-9)21-8-12(19)18-6-2-3-10(7-18)11-4-5-14-16-11/h4-5,10H,2-3,6-8H2,1H3,(H,14,16)/t10-/m0/s1. The molecule has 2 aromatic heterocycles. The number of carbonyl (C=O) groups is 1. The fraction of sp³-hybridized carbons (Fsp3) is 0.538. The molecule has 0 unspecified atom stereocenters. The number of thioether (sulfide) groups is 1. The van der Waals surface area contributed by atoms with E-state index in [1.807, 2.05) is 11.0 Å². The molecule has 21 heavy (non-hydrogen) atoms. The van der Waals surface area contributed by atoms with Crippen LogP contribution in [0.15, 0.2) is 21.9 Å². The lowest BCUT2D eigenvalue weighted by Gasteiger charge is -2.32. The number of hydrogen-bond donors (Lipinski definition) is 1. The second kappa shape index (κ2) is 6.30. The number of nitrogens with zero attached hydrogens (tertiary/aromatic N) is 4. The summed E-state index contributed by atoms with van der Waals surface area (Å²) in [5.74, 6) is 1.31. The van der Waals surface area contributed by atoms with Crippen LogP contribution in [0.3, 0.4) is 0 Å². The molecule has 1 saturated heterocycles. The van der Waals surface area contributed by atoms with Crippen LogP contribution in [0, 0.1) is 6.92 Å². The van der Waals surface area contributed by atoms with Gasteiger partial charge in [0.15, 0.2) is 0 Å². The lowest BCUT2D eigenvalue weighted by Crippen LogP contribution is -2.40. The quantitative estimate of drug-likeness (QED) is 0.863. The lowest BCUT2D eigenvalue weighted by atomic mass is 9.95. The molecule has 2 aromatic rings. The highest BCUT2D eigenvalue weighted by Gasteiger charge is 2.25. The van der Waals surface area contributed by atoms with Crippen LogP contribution >= 0.6 is 11.8 Å². The molecule has 0 radical (unpaired) electrons. The Hall–Kier alpha value is -1.83. The number of aryl methyl sites for hydroxylation is 1. The van der Waals surface area contributed by atoms with E-state index in [2.05, 4.69) is 20.4 Å². The first-order valence-corrected chi connectivity index (χ1v) is 7.91. The Labute approximate surface area is 126 Å². The molecule has 1 N–H and O–H groups in total. The molecule has 0 aromatic carbocycles. The maximum Gasteiger partial charge on any atom is 0.277 e. The summed E-state index contributed by atoms with van der Waals surface area (Å²) >= 11 is 1.29. The predicted molar refractivity (Wildman–Crippen MR) is 76.9 cm³/mol. The Morgan fingerprint density at radius 3 is 3.19 bits per heavy atom. The molecule has 1 amide bonds. The second-order valence-corrected chi connectivity index (χ2v) is 5.99. The largest absolute Gasteiger partial charge is 0.416 e. The molecule has 3 heterocycles. The molecule has 1 aliphatic rings. The average Bonchev–Trinajstić information content (AvgIpc) is 3.16. The summed E-state index contributed by atoms with van der Waals surface area (Å²) < 4.78 is 5.26. The third-order valence-corrected chi connectivity index (χ3v) is 4.37. The molecule has 8 heteroatoms. The third kappa shape index (κ3) is 3.44. The number of nitrogens with one attached hydrogen (secondary N) is 1. The number of carbonyl (C=O) groups excluding carboxylic acids is 1. The van der Waals surface area contributed by atoms with Crippen molar-refractivity contribution in [2.24, 2.45) is 0 Å². The molecule has 0 saturated carbocycles. The molecular weight excluding hydrogens is 290 g/mol. The highest BCUT2D eigenvalue weighted by atomic mass is 32.2. The van der Waals surface area contributed by atoms with Crippen molar-refractivity contribution in [1.29, 1.82) is 0 Å². The van der Waals surface area contributed by atoms with Gasteiger partial charge in [-0.15, -0.1) is 10.2 Å². The van der Waals surface area contributed by atoms with Gasteiger partial charge >= 0.3 is 0 Å². The fourth-order valence-corrected chi connectivity index (χ4v) is 3.21. The second-order valence-electron chi connectivity index (χ2n) is 5.07. The number of hydrogen-bond acceptors (Lipinski definition) is 6. The van der Waals surface area contributed by atoms with Gasteiger partial charge in [0.1, 0.15) is 0 Å². The minimum atomic E-state index is 0.111. The van der Waals surface area contributed by atoms with E-state index in [9.17, 15) is 4.79 Å². The van der Waals surface area contributed by atoms with Gasteiger partial charge in [-0.3, -0.25) is 9.89 Å². The van der Waals surface area contributed by atoms with Gasteiger partial charge in [-0.1, -0.05) is 11.8 Å². The summed E-state index contributed by atoms with van der Waals surface area (Å²) in [6.07, 6.45) is 3.85. The van der Waals surface area contributed by atoms with Crippen LogP contribution in [0.5, 0.6) is 0 Å². The number of piperidine rings is 1. The molecule has 0 aliphatic carbocycles. The van der Waals surface area contributed by atoms with Gasteiger partial charge in [0.2, 0.25) is 11.8 Å². The first-order chi connectivity index (χ1) is 10.2. The summed E-state index contributed by atoms with van der Waals surface area (Å²) in [7, 11) is 0. The fourth-order valence-electron chi connectivity index (χ4n) is 2.50. The van der Waals surface area contributed by atoms with E-state index in [0.29, 0.717) is 22.8 Å². The van der Waals surface area contributed by atoms with Crippen molar-refractivity contribution >= 4 is 17.7 Å². The monoisotopic (exact) mass is 307 g/mol. The van der Waals surface area contributed by atoms with E-state index < -0.39 is 0 Å². The first kappa shape index (κ1) is 14.1. The van der Waals surface area contributed by atoms with Crippen molar-refractivity contribution in [2.45, 2.75) is 30.9 Å². The molecule has 112 valence electrons. The van der Waals surface area contributed by atoms with Crippen molar-refractivity contribution in [2.75, 3.05) is 18.8 Å². The number of H-pyrrole nitrogens is 1. The van der Waals surface area contributed by atoms with Gasteiger partial charge < -0.3 is 9.32 Å². The number of aromatic amines is 1. The highest BCUT2D eigenvalue weighted by molar-refractivity contribution is 7.99. The SMILES string of the molecule is Cc1nnc(SCC(=O)N2CCC[C@H](c3ccn[nH]3)C2)o1. The molecule has 0 spiro atoms. The molecular formula is C13H17N5O2S. The van der Waals surface area contributed by atoms with Crippen molar-refractivity contribution in [3.05, 3.63) is 23.8 Å². The normalized spacial score (nSPS) is 18.9. The number of amides is 1. The van der Waals surface area contributed by atoms with E-state index in [0.717, 1.165) is 31.6 Å². The van der Waals surface area contributed by atoms with Crippen LogP contribution in [-0.4, -0.2) is 50.0 Å². The average molecular weight is 307 g/mol. The smallest absolute Gasteiger partial charge is 0.277 e. The minimum absolute atomic E-state index is 0.111. The molecule has 1 atom stereocenters. The Morgan fingerprint density at radius 2 is 2.48 bits per heavy atom. The minimum Gasteiger partial charge on any atom is -0.416 e. The van der Waals surface area contributed by atoms with E-state index in [1.54, 1.807) is 13.1 Å². The van der Waals surface area contributed by atoms with Gasteiger partial charge in [-0.25, -0.2) is 0 Å². The number of likely N-dealkylation sites (tertiary alicyclic amines) is 1. The van der Waals surface area contributed by atoms with Gasteiger partial charge in [-0.2, -0.15) is 5.10 Å². The molecule has 7 nitrogen and oxygen atoms in total. The van der Waals surface area contributed by atoms with Gasteiger partial charge in [-0.05, 0) is 18.9 Å². The molecule has 0 bridgehead atoms. The summed E-state index contributed by atoms with van der Waals surface area (Å²) in [6.45, 7) is 3.29. The van der Waals surface area contributed by atoms with Crippen molar-refractivity contribution in [1.82, 2.24) is 25.3 Å². The number of rotatable bonds is 4. The zero-order valence-electron chi connectivity index (χ0n) is 11.8. The first-order valence-electron chi connectivity index (χ1n) is 6.92. The van der Waals surface area contributed by atoms with Crippen LogP contribution < -0.4 is 0 Å². The summed E-state index contributed by atoms with van der Waals surface area (Å²) in [5, 5.41) is 15.1. The Morgan fingerprint density at radius 1 is 1.57 bits per heavy atom. The van der Waals surface area contributed by atoms with Crippen LogP contribution in [0.25, 0.3) is 0 Å². The highest BCUT2D eigenvalue weighted by Crippen LogP contribution is 2.26. The van der Waals surface area contributed by atoms with Gasteiger partial charge in [0, 0.05) is 37.8 Å². The topological polar surface area (TPSA) is 87.9 Å². The van der Waals surface area contributed by atoms with Gasteiger partial charge in [0.25, 0.3) is 5.22 Å². The molecule has 3 rings (SSSR count). The van der Waals surface area contributed by atoms with Crippen LogP contribution in [0.2, 0.25) is 0 Å². The zero-order chi connectivity index (χ0) is 14.7. The van der Waals surface area contributed by atoms with Gasteiger partial charge in [0.05, 0.1) is 5.75 Å². The van der Waals surface area contributed by atoms with Crippen LogP contribution in [-0.2, 0) is 4.79 Å². The predicted octanol–water partition coefficient (Wildman–Crippen LogP) is 1.60. The van der Waals surface area contributed by atoms with Crippen molar-refractivity contribution in [3.8, 4) is 0 Å². The summed E-state index contributed by atoms with van der Waals surface area (Å²) in [6, 6.07) is 1.98. The maximum atomic E-state index is 12.3. The molecule has 1 aliphatic heterocycles. The summed E-state index contributed by atoms with van der Waals surface area (Å²) in [4.78, 5) is 14.2. The van der Waals surface area contributed by atoms with Crippen LogP contribution in [0.4, 0.5) is 0 Å². The Kier molecular flexibility index (Phi) is 4.23. The maximum absolute atomic E-state index is 12.3. The lowest BCUT2D eigenvalue weighted by molar-refractivity contribution is -0.129. The van der Waals surface area contributed by atoms with Crippen LogP contribution in [0.1, 0.15) is 30.3 Å². The third-order valence-electron chi connectivity index (χ3n) is 3.56. The Balaban J connectivity index is 1.54.